The highest BCUT2D eigenvalue weighted by atomic mass is 16.1. The van der Waals surface area contributed by atoms with Crippen molar-refractivity contribution in [2.45, 2.75) is 46.1 Å². The van der Waals surface area contributed by atoms with Gasteiger partial charge in [-0.3, -0.25) is 4.79 Å². The Hall–Kier alpha value is -2.36. The van der Waals surface area contributed by atoms with Crippen LogP contribution in [-0.2, 0) is 4.79 Å². The van der Waals surface area contributed by atoms with E-state index in [4.69, 9.17) is 0 Å². The topological polar surface area (TPSA) is 46.9 Å². The number of carbonyl (C=O) groups excluding carboxylic acids is 1. The van der Waals surface area contributed by atoms with Crippen molar-refractivity contribution in [1.82, 2.24) is 9.78 Å². The molecule has 0 saturated heterocycles. The van der Waals surface area contributed by atoms with Crippen LogP contribution in [0.4, 0.5) is 5.82 Å². The lowest BCUT2D eigenvalue weighted by Crippen LogP contribution is -2.36. The number of allylic oxidation sites excluding steroid dienone is 2. The third-order valence-electron chi connectivity index (χ3n) is 5.08. The minimum Gasteiger partial charge on any atom is -0.343 e. The number of nitrogens with one attached hydrogen (secondary N) is 1. The summed E-state index contributed by atoms with van der Waals surface area (Å²) in [5, 5.41) is 8.17. The van der Waals surface area contributed by atoms with Gasteiger partial charge in [0.2, 0.25) is 0 Å². The molecule has 0 bridgehead atoms. The lowest BCUT2D eigenvalue weighted by molar-refractivity contribution is -0.118. The van der Waals surface area contributed by atoms with Crippen molar-refractivity contribution in [1.29, 1.82) is 0 Å². The zero-order chi connectivity index (χ0) is 16.9. The summed E-state index contributed by atoms with van der Waals surface area (Å²) in [6, 6.07) is 10.3. The number of nitrogens with zero attached hydrogens (tertiary/aromatic N) is 2. The van der Waals surface area contributed by atoms with Gasteiger partial charge in [0.15, 0.2) is 5.78 Å². The maximum absolute atomic E-state index is 12.8. The summed E-state index contributed by atoms with van der Waals surface area (Å²) >= 11 is 0. The van der Waals surface area contributed by atoms with Crippen molar-refractivity contribution < 1.29 is 4.79 Å². The molecule has 0 fully saturated rings. The number of carbonyl (C=O) groups is 1. The summed E-state index contributed by atoms with van der Waals surface area (Å²) in [7, 11) is 0. The Morgan fingerprint density at radius 1 is 1.25 bits per heavy atom. The molecule has 0 spiro atoms. The van der Waals surface area contributed by atoms with Gasteiger partial charge in [0.1, 0.15) is 5.82 Å². The Kier molecular flexibility index (Phi) is 3.37. The third-order valence-corrected chi connectivity index (χ3v) is 5.08. The van der Waals surface area contributed by atoms with E-state index in [0.29, 0.717) is 6.42 Å². The van der Waals surface area contributed by atoms with E-state index in [1.54, 1.807) is 0 Å². The summed E-state index contributed by atoms with van der Waals surface area (Å²) in [6.07, 6.45) is 4.31. The monoisotopic (exact) mass is 321 g/mol. The number of anilines is 1. The van der Waals surface area contributed by atoms with Gasteiger partial charge in [0.05, 0.1) is 12.2 Å². The standard InChI is InChI=1S/C20H23N3O/c1-4-16-18-15(10-20(2,3)11-17(18)24)22-19-14(12-21-23(16)19)13-8-6-5-7-9-13/h5-9,12,16,22H,4,10-11H2,1-3H3. The first-order chi connectivity index (χ1) is 11.5. The van der Waals surface area contributed by atoms with Crippen molar-refractivity contribution in [3.8, 4) is 11.1 Å². The smallest absolute Gasteiger partial charge is 0.163 e. The molecule has 0 radical (unpaired) electrons. The van der Waals surface area contributed by atoms with Crippen LogP contribution in [-0.4, -0.2) is 15.6 Å². The minimum atomic E-state index is 0.0102. The zero-order valence-corrected chi connectivity index (χ0v) is 14.5. The molecule has 4 rings (SSSR count). The number of hydrogen-bond acceptors (Lipinski definition) is 3. The molecule has 1 aromatic carbocycles. The van der Waals surface area contributed by atoms with Gasteiger partial charge in [0, 0.05) is 23.3 Å². The van der Waals surface area contributed by atoms with Gasteiger partial charge in [-0.2, -0.15) is 5.10 Å². The molecule has 1 atom stereocenters. The van der Waals surface area contributed by atoms with Gasteiger partial charge in [-0.05, 0) is 23.8 Å². The number of fused-ring (bicyclic) bond motifs is 1. The van der Waals surface area contributed by atoms with E-state index in [1.165, 1.54) is 0 Å². The summed E-state index contributed by atoms with van der Waals surface area (Å²) in [5.74, 6) is 1.28. The van der Waals surface area contributed by atoms with Crippen LogP contribution >= 0.6 is 0 Å². The van der Waals surface area contributed by atoms with Crippen LogP contribution < -0.4 is 5.32 Å². The van der Waals surface area contributed by atoms with E-state index in [2.05, 4.69) is 43.3 Å². The SMILES string of the molecule is CCC1C2=C(CC(C)(C)CC2=O)Nc2c(-c3ccccc3)cnn21. The van der Waals surface area contributed by atoms with Crippen molar-refractivity contribution in [2.75, 3.05) is 5.32 Å². The van der Waals surface area contributed by atoms with Gasteiger partial charge < -0.3 is 5.32 Å². The van der Waals surface area contributed by atoms with E-state index in [0.717, 1.165) is 41.1 Å². The minimum absolute atomic E-state index is 0.0102. The number of Topliss-reactive ketones (excluding diaryl/α,β-unsaturated/α-hetero) is 1. The van der Waals surface area contributed by atoms with Crippen LogP contribution in [0.3, 0.4) is 0 Å². The summed E-state index contributed by atoms with van der Waals surface area (Å²) in [4.78, 5) is 12.8. The number of hydrogen-bond donors (Lipinski definition) is 1. The summed E-state index contributed by atoms with van der Waals surface area (Å²) < 4.78 is 2.00. The Labute approximate surface area is 142 Å². The number of benzene rings is 1. The molecule has 0 amide bonds. The molecule has 0 saturated carbocycles. The van der Waals surface area contributed by atoms with Gasteiger partial charge in [-0.25, -0.2) is 4.68 Å². The lowest BCUT2D eigenvalue weighted by Gasteiger charge is -2.38. The molecule has 1 aliphatic carbocycles. The molecule has 1 aliphatic heterocycles. The fraction of sp³-hybridized carbons (Fsp3) is 0.400. The van der Waals surface area contributed by atoms with Gasteiger partial charge >= 0.3 is 0 Å². The molecular formula is C20H23N3O. The van der Waals surface area contributed by atoms with E-state index in [1.807, 2.05) is 29.1 Å². The molecule has 2 aliphatic rings. The quantitative estimate of drug-likeness (QED) is 0.881. The molecule has 24 heavy (non-hydrogen) atoms. The predicted molar refractivity (Wildman–Crippen MR) is 95.7 cm³/mol. The first-order valence-corrected chi connectivity index (χ1v) is 8.66. The average Bonchev–Trinajstić information content (AvgIpc) is 2.96. The first kappa shape index (κ1) is 15.2. The van der Waals surface area contributed by atoms with E-state index in [9.17, 15) is 4.79 Å². The van der Waals surface area contributed by atoms with Crippen molar-refractivity contribution >= 4 is 11.6 Å². The lowest BCUT2D eigenvalue weighted by atomic mass is 9.73. The molecular weight excluding hydrogens is 298 g/mol. The third kappa shape index (κ3) is 2.29. The Bertz CT molecular complexity index is 830. The first-order valence-electron chi connectivity index (χ1n) is 8.66. The number of ketones is 1. The van der Waals surface area contributed by atoms with Crippen LogP contribution in [0.5, 0.6) is 0 Å². The second-order valence-electron chi connectivity index (χ2n) is 7.60. The Morgan fingerprint density at radius 3 is 2.71 bits per heavy atom. The second kappa shape index (κ2) is 5.33. The van der Waals surface area contributed by atoms with Gasteiger partial charge in [0.25, 0.3) is 0 Å². The predicted octanol–water partition coefficient (Wildman–Crippen LogP) is 4.57. The fourth-order valence-electron chi connectivity index (χ4n) is 4.03. The maximum Gasteiger partial charge on any atom is 0.163 e. The Balaban J connectivity index is 1.84. The van der Waals surface area contributed by atoms with Crippen molar-refractivity contribution in [2.24, 2.45) is 5.41 Å². The summed E-state index contributed by atoms with van der Waals surface area (Å²) in [6.45, 7) is 6.46. The number of aromatic nitrogens is 2. The highest BCUT2D eigenvalue weighted by Crippen LogP contribution is 2.46. The van der Waals surface area contributed by atoms with E-state index < -0.39 is 0 Å². The zero-order valence-electron chi connectivity index (χ0n) is 14.5. The molecule has 2 heterocycles. The highest BCUT2D eigenvalue weighted by Gasteiger charge is 2.40. The van der Waals surface area contributed by atoms with E-state index in [-0.39, 0.29) is 17.2 Å². The van der Waals surface area contributed by atoms with Crippen LogP contribution in [0, 0.1) is 5.41 Å². The van der Waals surface area contributed by atoms with Gasteiger partial charge in [-0.1, -0.05) is 51.1 Å². The van der Waals surface area contributed by atoms with E-state index >= 15 is 0 Å². The molecule has 1 unspecified atom stereocenters. The highest BCUT2D eigenvalue weighted by molar-refractivity contribution is 6.00. The fourth-order valence-corrected chi connectivity index (χ4v) is 4.03. The van der Waals surface area contributed by atoms with Crippen molar-refractivity contribution in [3.05, 3.63) is 47.8 Å². The van der Waals surface area contributed by atoms with Gasteiger partial charge in [-0.15, -0.1) is 0 Å². The van der Waals surface area contributed by atoms with Crippen LogP contribution in [0.1, 0.15) is 46.1 Å². The largest absolute Gasteiger partial charge is 0.343 e. The van der Waals surface area contributed by atoms with Crippen LogP contribution in [0.25, 0.3) is 11.1 Å². The van der Waals surface area contributed by atoms with Crippen LogP contribution in [0.15, 0.2) is 47.8 Å². The molecule has 1 N–H and O–H groups in total. The Morgan fingerprint density at radius 2 is 2.00 bits per heavy atom. The maximum atomic E-state index is 12.8. The normalized spacial score (nSPS) is 22.0. The molecule has 1 aromatic heterocycles. The molecule has 124 valence electrons. The van der Waals surface area contributed by atoms with Crippen molar-refractivity contribution in [3.63, 3.8) is 0 Å². The second-order valence-corrected chi connectivity index (χ2v) is 7.60. The van der Waals surface area contributed by atoms with Crippen LogP contribution in [0.2, 0.25) is 0 Å². The summed E-state index contributed by atoms with van der Waals surface area (Å²) in [5.41, 5.74) is 4.28. The average molecular weight is 321 g/mol. The number of rotatable bonds is 2. The molecule has 4 nitrogen and oxygen atoms in total. The molecule has 2 aromatic rings. The molecule has 4 heteroatoms.